The van der Waals surface area contributed by atoms with Crippen LogP contribution in [0.1, 0.15) is 65.4 Å². The molecule has 0 amide bonds. The van der Waals surface area contributed by atoms with Crippen molar-refractivity contribution in [3.8, 4) is 0 Å². The molecule has 104 valence electrons. The van der Waals surface area contributed by atoms with Crippen LogP contribution in [0.5, 0.6) is 0 Å². The molecule has 0 unspecified atom stereocenters. The van der Waals surface area contributed by atoms with Crippen molar-refractivity contribution in [3.05, 3.63) is 11.5 Å². The summed E-state index contributed by atoms with van der Waals surface area (Å²) in [4.78, 5) is 4.83. The first-order chi connectivity index (χ1) is 8.43. The van der Waals surface area contributed by atoms with Crippen LogP contribution in [0, 0.1) is 11.8 Å². The molecule has 0 saturated carbocycles. The summed E-state index contributed by atoms with van der Waals surface area (Å²) in [6.07, 6.45) is 2.05. The van der Waals surface area contributed by atoms with Gasteiger partial charge >= 0.3 is 0 Å². The highest BCUT2D eigenvalue weighted by Gasteiger charge is 2.26. The molecule has 0 fully saturated rings. The fourth-order valence-electron chi connectivity index (χ4n) is 2.92. The molecule has 0 aromatic carbocycles. The SMILES string of the molecule is CCCn1c(CC)nc(C(C(C)C)C(C)C)c1N. The molecule has 1 heterocycles. The van der Waals surface area contributed by atoms with E-state index in [4.69, 9.17) is 10.7 Å². The lowest BCUT2D eigenvalue weighted by Crippen LogP contribution is -2.16. The van der Waals surface area contributed by atoms with Gasteiger partial charge in [0, 0.05) is 18.9 Å². The molecule has 1 aromatic heterocycles. The van der Waals surface area contributed by atoms with Crippen LogP contribution in [-0.4, -0.2) is 9.55 Å². The number of aryl methyl sites for hydroxylation is 1. The predicted molar refractivity (Wildman–Crippen MR) is 78.7 cm³/mol. The van der Waals surface area contributed by atoms with E-state index in [9.17, 15) is 0 Å². The molecule has 0 spiro atoms. The third kappa shape index (κ3) is 2.88. The number of rotatable bonds is 6. The minimum absolute atomic E-state index is 0.452. The van der Waals surface area contributed by atoms with Gasteiger partial charge in [-0.15, -0.1) is 0 Å². The zero-order chi connectivity index (χ0) is 13.9. The Morgan fingerprint density at radius 3 is 2.06 bits per heavy atom. The average molecular weight is 251 g/mol. The molecule has 18 heavy (non-hydrogen) atoms. The van der Waals surface area contributed by atoms with Gasteiger partial charge in [-0.25, -0.2) is 4.98 Å². The van der Waals surface area contributed by atoms with E-state index < -0.39 is 0 Å². The lowest BCUT2D eigenvalue weighted by Gasteiger charge is -2.23. The van der Waals surface area contributed by atoms with E-state index in [0.29, 0.717) is 17.8 Å². The van der Waals surface area contributed by atoms with E-state index >= 15 is 0 Å². The zero-order valence-electron chi connectivity index (χ0n) is 12.8. The van der Waals surface area contributed by atoms with E-state index in [2.05, 4.69) is 46.1 Å². The minimum Gasteiger partial charge on any atom is -0.384 e. The Labute approximate surface area is 112 Å². The second-order valence-corrected chi connectivity index (χ2v) is 5.82. The largest absolute Gasteiger partial charge is 0.384 e. The summed E-state index contributed by atoms with van der Waals surface area (Å²) < 4.78 is 2.20. The van der Waals surface area contributed by atoms with Crippen molar-refractivity contribution in [2.75, 3.05) is 5.73 Å². The van der Waals surface area contributed by atoms with E-state index in [0.717, 1.165) is 36.7 Å². The van der Waals surface area contributed by atoms with Crippen molar-refractivity contribution >= 4 is 5.82 Å². The lowest BCUT2D eigenvalue weighted by molar-refractivity contribution is 0.381. The van der Waals surface area contributed by atoms with Gasteiger partial charge in [-0.05, 0) is 18.3 Å². The summed E-state index contributed by atoms with van der Waals surface area (Å²) >= 11 is 0. The van der Waals surface area contributed by atoms with Crippen molar-refractivity contribution in [2.24, 2.45) is 11.8 Å². The summed E-state index contributed by atoms with van der Waals surface area (Å²) in [7, 11) is 0. The normalized spacial score (nSPS) is 12.1. The molecule has 0 aliphatic rings. The van der Waals surface area contributed by atoms with Gasteiger partial charge in [0.15, 0.2) is 0 Å². The Morgan fingerprint density at radius 2 is 1.67 bits per heavy atom. The number of nitrogens with two attached hydrogens (primary N) is 1. The highest BCUT2D eigenvalue weighted by atomic mass is 15.1. The van der Waals surface area contributed by atoms with Crippen LogP contribution in [0.2, 0.25) is 0 Å². The molecule has 0 atom stereocenters. The molecule has 1 rings (SSSR count). The second-order valence-electron chi connectivity index (χ2n) is 5.82. The molecule has 3 nitrogen and oxygen atoms in total. The maximum absolute atomic E-state index is 6.34. The van der Waals surface area contributed by atoms with Gasteiger partial charge in [0.1, 0.15) is 11.6 Å². The number of hydrogen-bond donors (Lipinski definition) is 1. The van der Waals surface area contributed by atoms with Crippen LogP contribution in [0.4, 0.5) is 5.82 Å². The van der Waals surface area contributed by atoms with Crippen LogP contribution in [0.15, 0.2) is 0 Å². The van der Waals surface area contributed by atoms with E-state index in [1.54, 1.807) is 0 Å². The smallest absolute Gasteiger partial charge is 0.127 e. The maximum Gasteiger partial charge on any atom is 0.127 e. The molecule has 0 aliphatic heterocycles. The number of anilines is 1. The highest BCUT2D eigenvalue weighted by Crippen LogP contribution is 2.35. The summed E-state index contributed by atoms with van der Waals surface area (Å²) in [5.41, 5.74) is 7.46. The van der Waals surface area contributed by atoms with Gasteiger partial charge < -0.3 is 10.3 Å². The van der Waals surface area contributed by atoms with Crippen LogP contribution in [0.25, 0.3) is 0 Å². The zero-order valence-corrected chi connectivity index (χ0v) is 12.8. The maximum atomic E-state index is 6.34. The monoisotopic (exact) mass is 251 g/mol. The Balaban J connectivity index is 3.23. The number of aromatic nitrogens is 2. The summed E-state index contributed by atoms with van der Waals surface area (Å²) in [5.74, 6) is 3.62. The van der Waals surface area contributed by atoms with Gasteiger partial charge in [-0.3, -0.25) is 0 Å². The highest BCUT2D eigenvalue weighted by molar-refractivity contribution is 5.41. The number of imidazole rings is 1. The fourth-order valence-corrected chi connectivity index (χ4v) is 2.92. The quantitative estimate of drug-likeness (QED) is 0.835. The van der Waals surface area contributed by atoms with Crippen LogP contribution >= 0.6 is 0 Å². The molecule has 2 N–H and O–H groups in total. The summed E-state index contributed by atoms with van der Waals surface area (Å²) in [6, 6.07) is 0. The second kappa shape index (κ2) is 6.26. The molecule has 1 aromatic rings. The van der Waals surface area contributed by atoms with E-state index in [1.807, 2.05) is 0 Å². The minimum atomic E-state index is 0.452. The summed E-state index contributed by atoms with van der Waals surface area (Å²) in [6.45, 7) is 14.3. The number of nitrogens with zero attached hydrogens (tertiary/aromatic N) is 2. The number of hydrogen-bond acceptors (Lipinski definition) is 2. The predicted octanol–water partition coefficient (Wildman–Crippen LogP) is 3.83. The Morgan fingerprint density at radius 1 is 1.11 bits per heavy atom. The van der Waals surface area contributed by atoms with Crippen molar-refractivity contribution < 1.29 is 0 Å². The molecule has 0 aliphatic carbocycles. The molecular formula is C15H29N3. The Bertz CT molecular complexity index is 369. The van der Waals surface area contributed by atoms with Crippen molar-refractivity contribution in [2.45, 2.75) is 66.8 Å². The van der Waals surface area contributed by atoms with E-state index in [-0.39, 0.29) is 0 Å². The molecule has 0 bridgehead atoms. The van der Waals surface area contributed by atoms with Crippen LogP contribution in [0.3, 0.4) is 0 Å². The summed E-state index contributed by atoms with van der Waals surface area (Å²) in [5, 5.41) is 0. The van der Waals surface area contributed by atoms with Gasteiger partial charge in [0.2, 0.25) is 0 Å². The average Bonchev–Trinajstić information content (AvgIpc) is 2.57. The van der Waals surface area contributed by atoms with Crippen molar-refractivity contribution in [1.82, 2.24) is 9.55 Å². The van der Waals surface area contributed by atoms with Crippen molar-refractivity contribution in [1.29, 1.82) is 0 Å². The fraction of sp³-hybridized carbons (Fsp3) is 0.800. The van der Waals surface area contributed by atoms with Gasteiger partial charge in [-0.1, -0.05) is 41.5 Å². The Kier molecular flexibility index (Phi) is 5.24. The first-order valence-electron chi connectivity index (χ1n) is 7.28. The van der Waals surface area contributed by atoms with Crippen molar-refractivity contribution in [3.63, 3.8) is 0 Å². The lowest BCUT2D eigenvalue weighted by atomic mass is 9.83. The Hall–Kier alpha value is -0.990. The first-order valence-corrected chi connectivity index (χ1v) is 7.28. The third-order valence-electron chi connectivity index (χ3n) is 3.63. The molecule has 0 radical (unpaired) electrons. The van der Waals surface area contributed by atoms with Crippen LogP contribution in [-0.2, 0) is 13.0 Å². The standard InChI is InChI=1S/C15H29N3/c1-7-9-18-12(8-2)17-14(15(18)16)13(10(3)4)11(5)6/h10-11,13H,7-9,16H2,1-6H3. The third-order valence-corrected chi connectivity index (χ3v) is 3.63. The van der Waals surface area contributed by atoms with Gasteiger partial charge in [0.25, 0.3) is 0 Å². The molecule has 0 saturated heterocycles. The molecular weight excluding hydrogens is 222 g/mol. The van der Waals surface area contributed by atoms with Gasteiger partial charge in [0.05, 0.1) is 5.69 Å². The first kappa shape index (κ1) is 15.1. The van der Waals surface area contributed by atoms with Crippen LogP contribution < -0.4 is 5.73 Å². The topological polar surface area (TPSA) is 43.8 Å². The molecule has 3 heteroatoms. The van der Waals surface area contributed by atoms with Gasteiger partial charge in [-0.2, -0.15) is 0 Å². The number of nitrogen functional groups attached to an aromatic ring is 1. The van der Waals surface area contributed by atoms with E-state index in [1.165, 1.54) is 0 Å².